The zero-order chi connectivity index (χ0) is 27.5. The van der Waals surface area contributed by atoms with Crippen LogP contribution in [0.3, 0.4) is 0 Å². The molecule has 0 spiro atoms. The van der Waals surface area contributed by atoms with Gasteiger partial charge in [0.2, 0.25) is 11.8 Å². The summed E-state index contributed by atoms with van der Waals surface area (Å²) in [6.45, 7) is 2.88. The van der Waals surface area contributed by atoms with Crippen molar-refractivity contribution in [2.75, 3.05) is 26.1 Å². The first kappa shape index (κ1) is 26.4. The number of esters is 1. The number of carbonyl (C=O) groups excluding carboxylic acids is 2. The SMILES string of the molecule is COc1cc(C(=O)OCC2=CCC(C)C=C2)ccc1Nc1ncc(Br)c(Oc2cccc3c2C(=O)N(C)C3)n1. The first-order chi connectivity index (χ1) is 18.8. The fourth-order valence-corrected chi connectivity index (χ4v) is 4.57. The number of aromatic nitrogens is 2. The summed E-state index contributed by atoms with van der Waals surface area (Å²) in [5, 5.41) is 3.11. The monoisotopic (exact) mass is 590 g/mol. The van der Waals surface area contributed by atoms with Gasteiger partial charge < -0.3 is 24.4 Å². The zero-order valence-electron chi connectivity index (χ0n) is 21.7. The topological polar surface area (TPSA) is 103 Å². The summed E-state index contributed by atoms with van der Waals surface area (Å²) in [6, 6.07) is 10.4. The summed E-state index contributed by atoms with van der Waals surface area (Å²) in [5.74, 6) is 1.26. The summed E-state index contributed by atoms with van der Waals surface area (Å²) in [4.78, 5) is 35.7. The molecule has 1 amide bonds. The van der Waals surface area contributed by atoms with Crippen LogP contribution in [0.25, 0.3) is 0 Å². The maximum atomic E-state index is 12.6. The van der Waals surface area contributed by atoms with Crippen molar-refractivity contribution in [1.82, 2.24) is 14.9 Å². The van der Waals surface area contributed by atoms with Crippen molar-refractivity contribution in [3.63, 3.8) is 0 Å². The van der Waals surface area contributed by atoms with Gasteiger partial charge in [-0.25, -0.2) is 9.78 Å². The summed E-state index contributed by atoms with van der Waals surface area (Å²) < 4.78 is 17.6. The van der Waals surface area contributed by atoms with Gasteiger partial charge in [-0.05, 0) is 63.7 Å². The van der Waals surface area contributed by atoms with Gasteiger partial charge in [-0.2, -0.15) is 4.98 Å². The lowest BCUT2D eigenvalue weighted by molar-refractivity contribution is 0.0541. The van der Waals surface area contributed by atoms with Gasteiger partial charge in [0, 0.05) is 13.6 Å². The Bertz CT molecular complexity index is 1500. The molecule has 1 aromatic heterocycles. The van der Waals surface area contributed by atoms with Crippen molar-refractivity contribution in [2.45, 2.75) is 19.9 Å². The van der Waals surface area contributed by atoms with Crippen LogP contribution < -0.4 is 14.8 Å². The summed E-state index contributed by atoms with van der Waals surface area (Å²) in [7, 11) is 3.26. The first-order valence-corrected chi connectivity index (χ1v) is 13.2. The van der Waals surface area contributed by atoms with E-state index in [0.717, 1.165) is 17.6 Å². The Labute approximate surface area is 234 Å². The highest BCUT2D eigenvalue weighted by atomic mass is 79.9. The number of methoxy groups -OCH3 is 1. The Balaban J connectivity index is 1.31. The second kappa shape index (κ2) is 11.3. The van der Waals surface area contributed by atoms with Crippen molar-refractivity contribution in [2.24, 2.45) is 5.92 Å². The van der Waals surface area contributed by atoms with E-state index in [9.17, 15) is 9.59 Å². The number of hydrogen-bond acceptors (Lipinski definition) is 8. The maximum absolute atomic E-state index is 12.6. The van der Waals surface area contributed by atoms with E-state index in [2.05, 4.69) is 50.3 Å². The van der Waals surface area contributed by atoms with E-state index < -0.39 is 5.97 Å². The van der Waals surface area contributed by atoms with Crippen LogP contribution >= 0.6 is 15.9 Å². The summed E-state index contributed by atoms with van der Waals surface area (Å²) >= 11 is 3.42. The van der Waals surface area contributed by atoms with Crippen LogP contribution in [0.5, 0.6) is 17.4 Å². The molecule has 0 saturated carbocycles. The number of carbonyl (C=O) groups is 2. The van der Waals surface area contributed by atoms with Crippen LogP contribution in [0, 0.1) is 5.92 Å². The molecule has 2 aromatic carbocycles. The van der Waals surface area contributed by atoms with Crippen LogP contribution in [-0.2, 0) is 11.3 Å². The minimum Gasteiger partial charge on any atom is -0.495 e. The third kappa shape index (κ3) is 5.80. The number of rotatable bonds is 8. The standard InChI is InChI=1S/C29H27BrN4O5/c1-17-7-9-18(10-8-17)16-38-28(36)19-11-12-22(24(13-19)37-3)32-29-31-14-21(30)26(33-29)39-23-6-4-5-20-15-34(2)27(35)25(20)23/h4-7,9-14,17H,8,15-16H2,1-3H3,(H,31,32,33). The Hall–Kier alpha value is -4.18. The molecule has 200 valence electrons. The second-order valence-electron chi connectivity index (χ2n) is 9.37. The summed E-state index contributed by atoms with van der Waals surface area (Å²) in [5.41, 5.74) is 3.31. The third-order valence-corrected chi connectivity index (χ3v) is 6.99. The number of allylic oxidation sites excluding steroid dienone is 2. The molecule has 5 rings (SSSR count). The zero-order valence-corrected chi connectivity index (χ0v) is 23.3. The van der Waals surface area contributed by atoms with Crippen LogP contribution in [0.15, 0.2) is 70.9 Å². The highest BCUT2D eigenvalue weighted by molar-refractivity contribution is 9.10. The molecule has 2 aliphatic rings. The fraction of sp³-hybridized carbons (Fsp3) is 0.241. The summed E-state index contributed by atoms with van der Waals surface area (Å²) in [6.07, 6.45) is 8.67. The minimum atomic E-state index is -0.445. The van der Waals surface area contributed by atoms with Gasteiger partial charge in [0.05, 0.1) is 34.6 Å². The molecular formula is C29H27BrN4O5. The molecule has 1 N–H and O–H groups in total. The maximum Gasteiger partial charge on any atom is 0.338 e. The van der Waals surface area contributed by atoms with Crippen molar-refractivity contribution in [3.05, 3.63) is 87.6 Å². The Kier molecular flexibility index (Phi) is 7.65. The average Bonchev–Trinajstić information content (AvgIpc) is 3.24. The smallest absolute Gasteiger partial charge is 0.338 e. The number of nitrogens with zero attached hydrogens (tertiary/aromatic N) is 3. The van der Waals surface area contributed by atoms with Gasteiger partial charge in [-0.3, -0.25) is 4.79 Å². The van der Waals surface area contributed by atoms with E-state index in [4.69, 9.17) is 14.2 Å². The largest absolute Gasteiger partial charge is 0.495 e. The first-order valence-electron chi connectivity index (χ1n) is 12.4. The number of benzene rings is 2. The van der Waals surface area contributed by atoms with Gasteiger partial charge >= 0.3 is 5.97 Å². The number of amides is 1. The molecule has 2 heterocycles. The second-order valence-corrected chi connectivity index (χ2v) is 10.2. The minimum absolute atomic E-state index is 0.103. The lowest BCUT2D eigenvalue weighted by atomic mass is 9.99. The van der Waals surface area contributed by atoms with Crippen molar-refractivity contribution in [1.29, 1.82) is 0 Å². The Morgan fingerprint density at radius 1 is 1.23 bits per heavy atom. The van der Waals surface area contributed by atoms with Gasteiger partial charge in [-0.1, -0.05) is 37.3 Å². The number of fused-ring (bicyclic) bond motifs is 1. The fourth-order valence-electron chi connectivity index (χ4n) is 4.29. The molecule has 0 radical (unpaired) electrons. The number of halogens is 1. The van der Waals surface area contributed by atoms with E-state index in [-0.39, 0.29) is 24.3 Å². The van der Waals surface area contributed by atoms with Crippen molar-refractivity contribution >= 4 is 39.4 Å². The average molecular weight is 591 g/mol. The van der Waals surface area contributed by atoms with E-state index in [1.165, 1.54) is 7.11 Å². The number of hydrogen-bond donors (Lipinski definition) is 1. The van der Waals surface area contributed by atoms with Crippen LogP contribution in [0.1, 0.15) is 39.6 Å². The molecule has 10 heteroatoms. The van der Waals surface area contributed by atoms with Crippen LogP contribution in [-0.4, -0.2) is 47.5 Å². The molecule has 0 saturated heterocycles. The highest BCUT2D eigenvalue weighted by Gasteiger charge is 2.28. The van der Waals surface area contributed by atoms with Gasteiger partial charge in [-0.15, -0.1) is 0 Å². The predicted molar refractivity (Wildman–Crippen MR) is 150 cm³/mol. The molecular weight excluding hydrogens is 564 g/mol. The molecule has 1 aliphatic heterocycles. The van der Waals surface area contributed by atoms with Crippen molar-refractivity contribution < 1.29 is 23.8 Å². The van der Waals surface area contributed by atoms with Crippen LogP contribution in [0.2, 0.25) is 0 Å². The number of ether oxygens (including phenoxy) is 3. The molecule has 39 heavy (non-hydrogen) atoms. The van der Waals surface area contributed by atoms with E-state index in [1.54, 1.807) is 42.4 Å². The Morgan fingerprint density at radius 3 is 2.85 bits per heavy atom. The number of nitrogens with one attached hydrogen (secondary N) is 1. The molecule has 0 bridgehead atoms. The third-order valence-electron chi connectivity index (χ3n) is 6.44. The lowest BCUT2D eigenvalue weighted by Gasteiger charge is -2.14. The van der Waals surface area contributed by atoms with E-state index in [1.807, 2.05) is 18.2 Å². The van der Waals surface area contributed by atoms with Crippen LogP contribution in [0.4, 0.5) is 11.6 Å². The van der Waals surface area contributed by atoms with E-state index in [0.29, 0.717) is 45.2 Å². The molecule has 1 aliphatic carbocycles. The molecule has 0 fully saturated rings. The molecule has 9 nitrogen and oxygen atoms in total. The Morgan fingerprint density at radius 2 is 2.08 bits per heavy atom. The normalized spacial score (nSPS) is 16.0. The molecule has 1 atom stereocenters. The van der Waals surface area contributed by atoms with Crippen molar-refractivity contribution in [3.8, 4) is 17.4 Å². The van der Waals surface area contributed by atoms with Gasteiger partial charge in [0.15, 0.2) is 0 Å². The highest BCUT2D eigenvalue weighted by Crippen LogP contribution is 2.36. The van der Waals surface area contributed by atoms with Gasteiger partial charge in [0.25, 0.3) is 5.91 Å². The molecule has 1 unspecified atom stereocenters. The molecule has 3 aromatic rings. The number of anilines is 2. The quantitative estimate of drug-likeness (QED) is 0.316. The lowest BCUT2D eigenvalue weighted by Crippen LogP contribution is -2.17. The predicted octanol–water partition coefficient (Wildman–Crippen LogP) is 6.05. The van der Waals surface area contributed by atoms with Gasteiger partial charge in [0.1, 0.15) is 18.1 Å². The van der Waals surface area contributed by atoms with E-state index >= 15 is 0 Å².